The van der Waals surface area contributed by atoms with Gasteiger partial charge in [0.1, 0.15) is 5.75 Å². The van der Waals surface area contributed by atoms with Crippen molar-refractivity contribution >= 4 is 21.8 Å². The molecule has 5 heteroatoms. The molecule has 0 aromatic heterocycles. The van der Waals surface area contributed by atoms with Gasteiger partial charge in [0.25, 0.3) is 5.91 Å². The van der Waals surface area contributed by atoms with Crippen molar-refractivity contribution in [2.75, 3.05) is 0 Å². The molecule has 0 aliphatic heterocycles. The molecule has 2 N–H and O–H groups in total. The molecule has 0 heterocycles. The fraction of sp³-hybridized carbons (Fsp3) is 0.300. The van der Waals surface area contributed by atoms with Crippen molar-refractivity contribution in [2.45, 2.75) is 20.0 Å². The van der Waals surface area contributed by atoms with Crippen molar-refractivity contribution in [1.82, 2.24) is 5.48 Å². The number of benzene rings is 1. The van der Waals surface area contributed by atoms with Crippen LogP contribution in [0.4, 0.5) is 0 Å². The van der Waals surface area contributed by atoms with Gasteiger partial charge in [-0.25, -0.2) is 5.48 Å². The Bertz CT molecular complexity index is 368. The lowest BCUT2D eigenvalue weighted by Crippen LogP contribution is -2.34. The Labute approximate surface area is 96.3 Å². The molecular formula is C10H12BrNO3. The summed E-state index contributed by atoms with van der Waals surface area (Å²) in [6.07, 6.45) is -0.727. The van der Waals surface area contributed by atoms with E-state index in [1.165, 1.54) is 0 Å². The number of hydroxylamine groups is 1. The van der Waals surface area contributed by atoms with Crippen molar-refractivity contribution in [3.05, 3.63) is 28.2 Å². The number of carbonyl (C=O) groups excluding carboxylic acids is 1. The summed E-state index contributed by atoms with van der Waals surface area (Å²) in [6, 6.07) is 5.48. The van der Waals surface area contributed by atoms with Crippen LogP contribution in [-0.2, 0) is 4.79 Å². The number of amides is 1. The fourth-order valence-corrected chi connectivity index (χ4v) is 1.56. The molecule has 0 fully saturated rings. The maximum Gasteiger partial charge on any atom is 0.284 e. The molecule has 1 atom stereocenters. The minimum atomic E-state index is -0.727. The van der Waals surface area contributed by atoms with Gasteiger partial charge in [0.15, 0.2) is 6.10 Å². The van der Waals surface area contributed by atoms with Crippen LogP contribution in [0.25, 0.3) is 0 Å². The lowest BCUT2D eigenvalue weighted by Gasteiger charge is -2.14. The molecule has 0 radical (unpaired) electrons. The van der Waals surface area contributed by atoms with Crippen LogP contribution in [0.3, 0.4) is 0 Å². The van der Waals surface area contributed by atoms with E-state index in [2.05, 4.69) is 15.9 Å². The second kappa shape index (κ2) is 5.14. The molecule has 1 unspecified atom stereocenters. The Hall–Kier alpha value is -1.07. The smallest absolute Gasteiger partial charge is 0.284 e. The number of rotatable bonds is 3. The highest BCUT2D eigenvalue weighted by Crippen LogP contribution is 2.23. The molecule has 1 aromatic carbocycles. The Morgan fingerprint density at radius 3 is 2.80 bits per heavy atom. The molecule has 15 heavy (non-hydrogen) atoms. The summed E-state index contributed by atoms with van der Waals surface area (Å²) in [5.41, 5.74) is 2.46. The summed E-state index contributed by atoms with van der Waals surface area (Å²) < 4.78 is 6.31. The van der Waals surface area contributed by atoms with E-state index < -0.39 is 12.0 Å². The van der Waals surface area contributed by atoms with Gasteiger partial charge in [-0.3, -0.25) is 10.0 Å². The second-order valence-electron chi connectivity index (χ2n) is 3.15. The minimum absolute atomic E-state index is 0.572. The third-order valence-electron chi connectivity index (χ3n) is 1.92. The van der Waals surface area contributed by atoms with E-state index in [1.54, 1.807) is 18.5 Å². The van der Waals surface area contributed by atoms with Crippen LogP contribution in [0.15, 0.2) is 22.7 Å². The number of hydrogen-bond acceptors (Lipinski definition) is 3. The predicted molar refractivity (Wildman–Crippen MR) is 58.9 cm³/mol. The zero-order valence-corrected chi connectivity index (χ0v) is 10.0. The van der Waals surface area contributed by atoms with Gasteiger partial charge < -0.3 is 4.74 Å². The molecular weight excluding hydrogens is 262 g/mol. The first-order chi connectivity index (χ1) is 7.04. The first-order valence-corrected chi connectivity index (χ1v) is 5.20. The monoisotopic (exact) mass is 273 g/mol. The summed E-state index contributed by atoms with van der Waals surface area (Å²) in [6.45, 7) is 3.44. The van der Waals surface area contributed by atoms with Gasteiger partial charge in [-0.1, -0.05) is 15.9 Å². The quantitative estimate of drug-likeness (QED) is 0.655. The molecule has 0 spiro atoms. The molecule has 1 amide bonds. The third kappa shape index (κ3) is 3.21. The summed E-state index contributed by atoms with van der Waals surface area (Å²) in [5, 5.41) is 8.41. The van der Waals surface area contributed by atoms with Crippen molar-refractivity contribution in [2.24, 2.45) is 0 Å². The van der Waals surface area contributed by atoms with Crippen molar-refractivity contribution in [3.63, 3.8) is 0 Å². The van der Waals surface area contributed by atoms with E-state index in [1.807, 2.05) is 19.1 Å². The highest BCUT2D eigenvalue weighted by atomic mass is 79.9. The Kier molecular flexibility index (Phi) is 4.11. The van der Waals surface area contributed by atoms with Gasteiger partial charge in [0, 0.05) is 4.47 Å². The maximum atomic E-state index is 11.0. The van der Waals surface area contributed by atoms with Crippen LogP contribution < -0.4 is 10.2 Å². The number of halogens is 1. The SMILES string of the molecule is Cc1cc(Br)ccc1OC(C)C(=O)NO. The van der Waals surface area contributed by atoms with Gasteiger partial charge in [-0.05, 0) is 37.6 Å². The summed E-state index contributed by atoms with van der Waals surface area (Å²) in [7, 11) is 0. The van der Waals surface area contributed by atoms with Crippen LogP contribution in [0.5, 0.6) is 5.75 Å². The third-order valence-corrected chi connectivity index (χ3v) is 2.41. The standard InChI is InChI=1S/C10H12BrNO3/c1-6-5-8(11)3-4-9(6)15-7(2)10(13)12-14/h3-5,7,14H,1-2H3,(H,12,13). The van der Waals surface area contributed by atoms with Crippen LogP contribution in [-0.4, -0.2) is 17.2 Å². The lowest BCUT2D eigenvalue weighted by atomic mass is 10.2. The van der Waals surface area contributed by atoms with E-state index in [0.717, 1.165) is 10.0 Å². The Morgan fingerprint density at radius 1 is 1.60 bits per heavy atom. The summed E-state index contributed by atoms with van der Waals surface area (Å²) in [4.78, 5) is 11.0. The normalized spacial score (nSPS) is 12.0. The molecule has 0 saturated carbocycles. The highest BCUT2D eigenvalue weighted by Gasteiger charge is 2.14. The van der Waals surface area contributed by atoms with E-state index >= 15 is 0 Å². The molecule has 82 valence electrons. The second-order valence-corrected chi connectivity index (χ2v) is 4.06. The van der Waals surface area contributed by atoms with Crippen LogP contribution in [0, 0.1) is 6.92 Å². The molecule has 0 saturated heterocycles. The minimum Gasteiger partial charge on any atom is -0.481 e. The van der Waals surface area contributed by atoms with Crippen LogP contribution >= 0.6 is 15.9 Å². The first kappa shape index (κ1) is 12.0. The Morgan fingerprint density at radius 2 is 2.27 bits per heavy atom. The van der Waals surface area contributed by atoms with Gasteiger partial charge in [-0.2, -0.15) is 0 Å². The van der Waals surface area contributed by atoms with Crippen molar-refractivity contribution in [3.8, 4) is 5.75 Å². The molecule has 0 aliphatic carbocycles. The largest absolute Gasteiger partial charge is 0.481 e. The predicted octanol–water partition coefficient (Wildman–Crippen LogP) is 2.03. The highest BCUT2D eigenvalue weighted by molar-refractivity contribution is 9.10. The molecule has 0 bridgehead atoms. The fourth-order valence-electron chi connectivity index (χ4n) is 1.08. The average molecular weight is 274 g/mol. The summed E-state index contributed by atoms with van der Waals surface area (Å²) in [5.74, 6) is 0.0478. The number of nitrogens with one attached hydrogen (secondary N) is 1. The van der Waals surface area contributed by atoms with E-state index in [-0.39, 0.29) is 0 Å². The number of ether oxygens (including phenoxy) is 1. The molecule has 1 rings (SSSR count). The van der Waals surface area contributed by atoms with Gasteiger partial charge in [0.2, 0.25) is 0 Å². The zero-order valence-electron chi connectivity index (χ0n) is 8.45. The van der Waals surface area contributed by atoms with E-state index in [9.17, 15) is 4.79 Å². The molecule has 1 aromatic rings. The molecule has 4 nitrogen and oxygen atoms in total. The van der Waals surface area contributed by atoms with E-state index in [4.69, 9.17) is 9.94 Å². The summed E-state index contributed by atoms with van der Waals surface area (Å²) >= 11 is 3.33. The van der Waals surface area contributed by atoms with Gasteiger partial charge in [-0.15, -0.1) is 0 Å². The lowest BCUT2D eigenvalue weighted by molar-refractivity contribution is -0.135. The van der Waals surface area contributed by atoms with E-state index in [0.29, 0.717) is 5.75 Å². The number of carbonyl (C=O) groups is 1. The van der Waals surface area contributed by atoms with Gasteiger partial charge in [0.05, 0.1) is 0 Å². The maximum absolute atomic E-state index is 11.0. The van der Waals surface area contributed by atoms with Gasteiger partial charge >= 0.3 is 0 Å². The zero-order chi connectivity index (χ0) is 11.4. The number of hydrogen-bond donors (Lipinski definition) is 2. The van der Waals surface area contributed by atoms with Crippen molar-refractivity contribution < 1.29 is 14.7 Å². The first-order valence-electron chi connectivity index (χ1n) is 4.41. The number of aryl methyl sites for hydroxylation is 1. The molecule has 0 aliphatic rings. The van der Waals surface area contributed by atoms with Crippen LogP contribution in [0.2, 0.25) is 0 Å². The average Bonchev–Trinajstić information content (AvgIpc) is 2.20. The van der Waals surface area contributed by atoms with Crippen molar-refractivity contribution in [1.29, 1.82) is 0 Å². The Balaban J connectivity index is 2.76. The topological polar surface area (TPSA) is 58.6 Å². The van der Waals surface area contributed by atoms with Crippen LogP contribution in [0.1, 0.15) is 12.5 Å².